The lowest BCUT2D eigenvalue weighted by molar-refractivity contribution is -0.747. The number of hydrogen-bond donors (Lipinski definition) is 9. The Bertz CT molecular complexity index is 2680. The normalized spacial score (nSPS) is 25.4. The maximum atomic E-state index is 13.0. The SMILES string of the molecule is CN1CC(COP(=O)(O)OP(=O)(O)OP(=O)(O)OC[C@H]2O[C@@H](n3cnc4c(=O)[nH]c(N)nc43)[C@H](O)[C@@H]2O)OC([n+]2cn(CCOc3ccc(Cl)cc3)c3c(=O)[nH]c(N)nc32)C1. The van der Waals surface area contributed by atoms with Gasteiger partial charge in [0.2, 0.25) is 11.5 Å². The van der Waals surface area contributed by atoms with Crippen LogP contribution in [0.3, 0.4) is 0 Å². The number of benzene rings is 1. The standard InChI is InChI=1S/C29H37ClN11O17P3/c1-38-8-16(55-18(9-38)41-13-39(20-24(41)35-29(32)37-26(20)45)6-7-52-15-4-2-14(30)3-5-15)10-53-59(46,47)57-61(50,51)58-60(48,49)54-11-17-21(42)22(43)27(56-17)40-12-33-19-23(40)34-28(31)36-25(19)44/h2-5,12-13,16-18,21-22,27,42-43H,6-11H2,1H3,(H8-,31,32,34,35,36,37,44,45,46,47,48,49,50,51)/p+1/t16?,17-,18?,21-,22-,27-/m1/s1. The van der Waals surface area contributed by atoms with Crippen LogP contribution >= 0.6 is 35.1 Å². The van der Waals surface area contributed by atoms with Crippen molar-refractivity contribution in [2.75, 3.05) is 51.4 Å². The Morgan fingerprint density at radius 3 is 2.28 bits per heavy atom. The average Bonchev–Trinajstić information content (AvgIpc) is 3.83. The number of nitrogens with one attached hydrogen (secondary N) is 2. The number of nitrogens with two attached hydrogens (primary N) is 2. The molecule has 2 aliphatic heterocycles. The van der Waals surface area contributed by atoms with Crippen molar-refractivity contribution in [3.8, 4) is 5.75 Å². The first kappa shape index (κ1) is 44.9. The van der Waals surface area contributed by atoms with Gasteiger partial charge in [-0.2, -0.15) is 13.6 Å². The van der Waals surface area contributed by atoms with E-state index < -0.39 is 84.7 Å². The summed E-state index contributed by atoms with van der Waals surface area (Å²) in [4.78, 5) is 74.3. The first-order valence-corrected chi connectivity index (χ1v) is 22.5. The van der Waals surface area contributed by atoms with Gasteiger partial charge in [0, 0.05) is 11.6 Å². The minimum absolute atomic E-state index is 0.0956. The summed E-state index contributed by atoms with van der Waals surface area (Å²) in [7, 11) is -15.5. The molecule has 7 rings (SSSR count). The number of anilines is 2. The van der Waals surface area contributed by atoms with Crippen molar-refractivity contribution in [2.45, 2.75) is 43.4 Å². The van der Waals surface area contributed by atoms with Crippen LogP contribution in [0, 0.1) is 0 Å². The van der Waals surface area contributed by atoms with E-state index in [-0.39, 0.29) is 60.5 Å². The van der Waals surface area contributed by atoms with Crippen LogP contribution in [0.2, 0.25) is 5.02 Å². The number of morpholine rings is 1. The van der Waals surface area contributed by atoms with Crippen LogP contribution in [0.4, 0.5) is 11.9 Å². The van der Waals surface area contributed by atoms with Gasteiger partial charge in [-0.1, -0.05) is 16.6 Å². The minimum Gasteiger partial charge on any atom is -0.490 e. The van der Waals surface area contributed by atoms with Crippen molar-refractivity contribution in [3.63, 3.8) is 0 Å². The third-order valence-electron chi connectivity index (χ3n) is 9.05. The molecule has 1 aromatic carbocycles. The number of aromatic nitrogens is 8. The molecule has 332 valence electrons. The second-order valence-electron chi connectivity index (χ2n) is 13.6. The highest BCUT2D eigenvalue weighted by atomic mass is 35.5. The molecule has 61 heavy (non-hydrogen) atoms. The summed E-state index contributed by atoms with van der Waals surface area (Å²) in [6.07, 6.45) is -5.94. The van der Waals surface area contributed by atoms with Crippen molar-refractivity contribution in [3.05, 3.63) is 62.7 Å². The molecule has 2 saturated heterocycles. The van der Waals surface area contributed by atoms with Gasteiger partial charge in [-0.15, -0.1) is 0 Å². The van der Waals surface area contributed by atoms with E-state index in [1.165, 1.54) is 4.57 Å². The Morgan fingerprint density at radius 2 is 1.57 bits per heavy atom. The van der Waals surface area contributed by atoms with E-state index in [4.69, 9.17) is 41.8 Å². The highest BCUT2D eigenvalue weighted by Gasteiger charge is 2.47. The number of rotatable bonds is 16. The van der Waals surface area contributed by atoms with Crippen LogP contribution in [0.25, 0.3) is 22.3 Å². The van der Waals surface area contributed by atoms with E-state index in [0.29, 0.717) is 10.8 Å². The third-order valence-corrected chi connectivity index (χ3v) is 13.6. The number of halogens is 1. The van der Waals surface area contributed by atoms with Crippen molar-refractivity contribution in [1.29, 1.82) is 0 Å². The molecule has 0 amide bonds. The predicted molar refractivity (Wildman–Crippen MR) is 205 cm³/mol. The molecule has 0 saturated carbocycles. The lowest BCUT2D eigenvalue weighted by atomic mass is 10.1. The molecule has 5 aromatic rings. The molecule has 4 aromatic heterocycles. The van der Waals surface area contributed by atoms with Crippen molar-refractivity contribution < 1.29 is 75.0 Å². The van der Waals surface area contributed by atoms with E-state index >= 15 is 0 Å². The fourth-order valence-electron chi connectivity index (χ4n) is 6.48. The zero-order chi connectivity index (χ0) is 44.0. The number of fused-ring (bicyclic) bond motifs is 2. The first-order chi connectivity index (χ1) is 28.7. The highest BCUT2D eigenvalue weighted by molar-refractivity contribution is 7.66. The van der Waals surface area contributed by atoms with Gasteiger partial charge in [-0.05, 0) is 31.3 Å². The molecule has 0 bridgehead atoms. The quantitative estimate of drug-likeness (QED) is 0.0417. The predicted octanol–water partition coefficient (Wildman–Crippen LogP) is -1.14. The summed E-state index contributed by atoms with van der Waals surface area (Å²) >= 11 is 5.94. The number of ether oxygens (including phenoxy) is 3. The Labute approximate surface area is 345 Å². The van der Waals surface area contributed by atoms with Gasteiger partial charge in [0.1, 0.15) is 37.2 Å². The number of phosphoric ester groups is 2. The topological polar surface area (TPSA) is 390 Å². The molecular weight excluding hydrogens is 903 g/mol. The molecule has 2 fully saturated rings. The summed E-state index contributed by atoms with van der Waals surface area (Å²) in [6, 6.07) is 6.67. The van der Waals surface area contributed by atoms with Gasteiger partial charge < -0.3 is 50.6 Å². The van der Waals surface area contributed by atoms with E-state index in [1.54, 1.807) is 47.1 Å². The van der Waals surface area contributed by atoms with Crippen LogP contribution in [0.1, 0.15) is 12.5 Å². The van der Waals surface area contributed by atoms with Gasteiger partial charge in [0.05, 0.1) is 32.2 Å². The lowest BCUT2D eigenvalue weighted by Gasteiger charge is -2.34. The Kier molecular flexibility index (Phi) is 12.9. The Balaban J connectivity index is 0.948. The van der Waals surface area contributed by atoms with Gasteiger partial charge in [0.25, 0.3) is 17.1 Å². The van der Waals surface area contributed by atoms with Gasteiger partial charge in [-0.25, -0.2) is 23.2 Å². The fraction of sp³-hybridized carbons (Fsp3) is 0.448. The number of likely N-dealkylation sites (N-methyl/N-ethyl adjacent to an activating group) is 1. The van der Waals surface area contributed by atoms with E-state index in [1.807, 2.05) is 0 Å². The smallest absolute Gasteiger partial charge is 0.490 e. The fourth-order valence-corrected chi connectivity index (χ4v) is 10.1. The number of aromatic amines is 2. The summed E-state index contributed by atoms with van der Waals surface area (Å²) in [5.41, 5.74) is 10.1. The molecule has 32 heteroatoms. The van der Waals surface area contributed by atoms with E-state index in [0.717, 1.165) is 10.9 Å². The maximum Gasteiger partial charge on any atom is 0.490 e. The molecule has 0 spiro atoms. The molecular formula is C29H38ClN11O17P3+. The highest BCUT2D eigenvalue weighted by Crippen LogP contribution is 2.67. The minimum atomic E-state index is -5.94. The Morgan fingerprint density at radius 1 is 0.918 bits per heavy atom. The summed E-state index contributed by atoms with van der Waals surface area (Å²) in [5.74, 6) is 0.0600. The van der Waals surface area contributed by atoms with Crippen molar-refractivity contribution >= 4 is 69.3 Å². The molecule has 6 heterocycles. The van der Waals surface area contributed by atoms with E-state index in [9.17, 15) is 48.2 Å². The summed E-state index contributed by atoms with van der Waals surface area (Å²) < 4.78 is 77.6. The summed E-state index contributed by atoms with van der Waals surface area (Å²) in [6.45, 7) is -1.18. The number of nitrogen functional groups attached to an aromatic ring is 2. The number of H-pyrrole nitrogens is 2. The van der Waals surface area contributed by atoms with Crippen LogP contribution < -0.4 is 31.9 Å². The lowest BCUT2D eigenvalue weighted by Crippen LogP contribution is -2.54. The van der Waals surface area contributed by atoms with Crippen LogP contribution in [0.5, 0.6) is 5.75 Å². The van der Waals surface area contributed by atoms with Crippen LogP contribution in [0.15, 0.2) is 46.5 Å². The van der Waals surface area contributed by atoms with Crippen molar-refractivity contribution in [1.82, 2.24) is 39.0 Å². The average molecular weight is 941 g/mol. The molecule has 11 N–H and O–H groups in total. The number of phosphoric acid groups is 3. The van der Waals surface area contributed by atoms with Crippen molar-refractivity contribution in [2.24, 2.45) is 0 Å². The van der Waals surface area contributed by atoms with Gasteiger partial charge >= 0.3 is 29.1 Å². The second-order valence-corrected chi connectivity index (χ2v) is 18.6. The molecule has 0 radical (unpaired) electrons. The van der Waals surface area contributed by atoms with E-state index in [2.05, 4.69) is 38.1 Å². The summed E-state index contributed by atoms with van der Waals surface area (Å²) in [5, 5.41) is 21.6. The zero-order valence-electron chi connectivity index (χ0n) is 31.3. The molecule has 5 unspecified atom stereocenters. The number of aliphatic hydroxyl groups excluding tert-OH is 2. The number of aliphatic hydroxyl groups is 2. The Hall–Kier alpha value is -4.18. The van der Waals surface area contributed by atoms with Crippen LogP contribution in [-0.4, -0.2) is 128 Å². The zero-order valence-corrected chi connectivity index (χ0v) is 34.7. The third kappa shape index (κ3) is 10.4. The second kappa shape index (κ2) is 17.5. The molecule has 9 atom stereocenters. The molecule has 28 nitrogen and oxygen atoms in total. The first-order valence-electron chi connectivity index (χ1n) is 17.6. The van der Waals surface area contributed by atoms with Gasteiger partial charge in [0.15, 0.2) is 29.9 Å². The number of nitrogens with zero attached hydrogens (tertiary/aromatic N) is 7. The largest absolute Gasteiger partial charge is 0.490 e. The molecule has 0 aliphatic carbocycles. The molecule has 2 aliphatic rings. The van der Waals surface area contributed by atoms with Crippen LogP contribution in [-0.2, 0) is 47.4 Å². The number of imidazole rings is 2. The maximum absolute atomic E-state index is 13.0. The number of hydrogen-bond acceptors (Lipinski definition) is 20. The van der Waals surface area contributed by atoms with Gasteiger partial charge in [-0.3, -0.25) is 42.6 Å². The monoisotopic (exact) mass is 940 g/mol.